The Bertz CT molecular complexity index is 224. The third-order valence-corrected chi connectivity index (χ3v) is 6.61. The predicted molar refractivity (Wildman–Crippen MR) is 69.7 cm³/mol. The molecule has 15 heavy (non-hydrogen) atoms. The molecule has 3 heteroatoms. The number of hydrogen-bond donors (Lipinski definition) is 0. The van der Waals surface area contributed by atoms with E-state index in [9.17, 15) is 4.79 Å². The van der Waals surface area contributed by atoms with Gasteiger partial charge in [0.1, 0.15) is 5.78 Å². The lowest BCUT2D eigenvalue weighted by molar-refractivity contribution is -0.119. The summed E-state index contributed by atoms with van der Waals surface area (Å²) in [7, 11) is 0. The quantitative estimate of drug-likeness (QED) is 0.757. The fourth-order valence-electron chi connectivity index (χ4n) is 2.60. The molecule has 1 nitrogen and oxygen atoms in total. The highest BCUT2D eigenvalue weighted by atomic mass is 32.2. The fourth-order valence-corrected chi connectivity index (χ4v) is 5.35. The molecule has 0 radical (unpaired) electrons. The topological polar surface area (TPSA) is 17.1 Å². The lowest BCUT2D eigenvalue weighted by atomic mass is 9.99. The van der Waals surface area contributed by atoms with Gasteiger partial charge in [0.25, 0.3) is 0 Å². The lowest BCUT2D eigenvalue weighted by Gasteiger charge is -2.27. The van der Waals surface area contributed by atoms with Crippen molar-refractivity contribution in [1.82, 2.24) is 0 Å². The van der Waals surface area contributed by atoms with Crippen molar-refractivity contribution < 1.29 is 4.79 Å². The zero-order valence-electron chi connectivity index (χ0n) is 9.41. The standard InChI is InChI=1S/C12H20OS2/c1-9-12(15-7-6-14-9)11(13)8-10-4-2-3-5-10/h9-10,12H,2-8H2,1H3. The summed E-state index contributed by atoms with van der Waals surface area (Å²) in [4.78, 5) is 12.1. The minimum absolute atomic E-state index is 0.296. The second-order valence-corrected chi connectivity index (χ2v) is 7.42. The molecule has 0 spiro atoms. The van der Waals surface area contributed by atoms with Crippen LogP contribution in [0.2, 0.25) is 0 Å². The summed E-state index contributed by atoms with van der Waals surface area (Å²) in [6, 6.07) is 0. The van der Waals surface area contributed by atoms with Crippen molar-refractivity contribution in [3.8, 4) is 0 Å². The molecule has 2 rings (SSSR count). The van der Waals surface area contributed by atoms with Crippen molar-refractivity contribution in [2.24, 2.45) is 5.92 Å². The summed E-state index contributed by atoms with van der Waals surface area (Å²) in [6.07, 6.45) is 6.15. The summed E-state index contributed by atoms with van der Waals surface area (Å²) in [5, 5.41) is 0.835. The maximum absolute atomic E-state index is 12.1. The van der Waals surface area contributed by atoms with E-state index >= 15 is 0 Å². The van der Waals surface area contributed by atoms with Crippen molar-refractivity contribution in [2.75, 3.05) is 11.5 Å². The largest absolute Gasteiger partial charge is 0.298 e. The van der Waals surface area contributed by atoms with Gasteiger partial charge in [-0.1, -0.05) is 32.6 Å². The van der Waals surface area contributed by atoms with Crippen LogP contribution >= 0.6 is 23.5 Å². The summed E-state index contributed by atoms with van der Waals surface area (Å²) < 4.78 is 0. The van der Waals surface area contributed by atoms with Crippen LogP contribution in [0, 0.1) is 5.92 Å². The monoisotopic (exact) mass is 244 g/mol. The van der Waals surface area contributed by atoms with Crippen LogP contribution in [0.4, 0.5) is 0 Å². The zero-order valence-corrected chi connectivity index (χ0v) is 11.0. The van der Waals surface area contributed by atoms with Gasteiger partial charge in [0, 0.05) is 23.2 Å². The van der Waals surface area contributed by atoms with Gasteiger partial charge in [-0.05, 0) is 5.92 Å². The second-order valence-electron chi connectivity index (χ2n) is 4.69. The fraction of sp³-hybridized carbons (Fsp3) is 0.917. The molecule has 1 heterocycles. The van der Waals surface area contributed by atoms with Crippen molar-refractivity contribution in [1.29, 1.82) is 0 Å². The first-order valence-corrected chi connectivity index (χ1v) is 8.13. The molecule has 0 aromatic rings. The van der Waals surface area contributed by atoms with Crippen LogP contribution in [0.25, 0.3) is 0 Å². The van der Waals surface area contributed by atoms with Gasteiger partial charge in [-0.2, -0.15) is 11.8 Å². The predicted octanol–water partition coefficient (Wildman–Crippen LogP) is 3.37. The summed E-state index contributed by atoms with van der Waals surface area (Å²) in [5.74, 6) is 3.64. The molecule has 2 aliphatic rings. The molecule has 0 aromatic carbocycles. The van der Waals surface area contributed by atoms with Crippen LogP contribution in [0.1, 0.15) is 39.0 Å². The highest BCUT2D eigenvalue weighted by molar-refractivity contribution is 8.07. The summed E-state index contributed by atoms with van der Waals surface area (Å²) >= 11 is 3.86. The van der Waals surface area contributed by atoms with E-state index in [0.29, 0.717) is 16.3 Å². The molecule has 1 aliphatic carbocycles. The number of ketones is 1. The Hall–Kier alpha value is 0.370. The number of carbonyl (C=O) groups is 1. The Kier molecular flexibility index (Phi) is 4.44. The SMILES string of the molecule is CC1SCCSC1C(=O)CC1CCCC1. The van der Waals surface area contributed by atoms with Crippen LogP contribution in [0.5, 0.6) is 0 Å². The van der Waals surface area contributed by atoms with Crippen LogP contribution in [-0.2, 0) is 4.79 Å². The van der Waals surface area contributed by atoms with E-state index in [0.717, 1.165) is 18.1 Å². The number of carbonyl (C=O) groups excluding carboxylic acids is 1. The normalized spacial score (nSPS) is 33.1. The number of rotatable bonds is 3. The summed E-state index contributed by atoms with van der Waals surface area (Å²) in [6.45, 7) is 2.22. The Morgan fingerprint density at radius 3 is 2.53 bits per heavy atom. The molecule has 1 aliphatic heterocycles. The van der Waals surface area contributed by atoms with Gasteiger partial charge in [-0.15, -0.1) is 11.8 Å². The maximum atomic E-state index is 12.1. The molecular weight excluding hydrogens is 224 g/mol. The number of Topliss-reactive ketones (excluding diaryl/α,β-unsaturated/α-hetero) is 1. The molecule has 0 bridgehead atoms. The molecule has 1 saturated heterocycles. The van der Waals surface area contributed by atoms with E-state index in [1.165, 1.54) is 31.4 Å². The van der Waals surface area contributed by atoms with Crippen LogP contribution < -0.4 is 0 Å². The Morgan fingerprint density at radius 2 is 1.87 bits per heavy atom. The highest BCUT2D eigenvalue weighted by Gasteiger charge is 2.30. The van der Waals surface area contributed by atoms with Gasteiger partial charge in [-0.25, -0.2) is 0 Å². The second kappa shape index (κ2) is 5.62. The molecule has 2 atom stereocenters. The molecule has 1 saturated carbocycles. The average molecular weight is 244 g/mol. The van der Waals surface area contributed by atoms with Crippen LogP contribution in [0.3, 0.4) is 0 Å². The van der Waals surface area contributed by atoms with E-state index < -0.39 is 0 Å². The number of hydrogen-bond acceptors (Lipinski definition) is 3. The molecule has 86 valence electrons. The van der Waals surface area contributed by atoms with Gasteiger partial charge in [-0.3, -0.25) is 4.79 Å². The first kappa shape index (κ1) is 11.8. The highest BCUT2D eigenvalue weighted by Crippen LogP contribution is 2.35. The van der Waals surface area contributed by atoms with Gasteiger partial charge in [0.15, 0.2) is 0 Å². The molecular formula is C12H20OS2. The van der Waals surface area contributed by atoms with Crippen LogP contribution in [0.15, 0.2) is 0 Å². The van der Waals surface area contributed by atoms with Gasteiger partial charge in [0.05, 0.1) is 5.25 Å². The van der Waals surface area contributed by atoms with E-state index in [1.807, 2.05) is 23.5 Å². The van der Waals surface area contributed by atoms with E-state index in [2.05, 4.69) is 6.92 Å². The van der Waals surface area contributed by atoms with Crippen molar-refractivity contribution >= 4 is 29.3 Å². The first-order chi connectivity index (χ1) is 7.27. The average Bonchev–Trinajstić information content (AvgIpc) is 2.71. The molecule has 0 aromatic heterocycles. The smallest absolute Gasteiger partial charge is 0.147 e. The van der Waals surface area contributed by atoms with Crippen molar-refractivity contribution in [2.45, 2.75) is 49.5 Å². The Balaban J connectivity index is 1.83. The minimum atomic E-state index is 0.296. The molecule has 0 N–H and O–H groups in total. The minimum Gasteiger partial charge on any atom is -0.298 e. The number of thioether (sulfide) groups is 2. The van der Waals surface area contributed by atoms with E-state index in [-0.39, 0.29) is 0 Å². The van der Waals surface area contributed by atoms with Gasteiger partial charge < -0.3 is 0 Å². The maximum Gasteiger partial charge on any atom is 0.147 e. The Labute approximate surface area is 101 Å². The van der Waals surface area contributed by atoms with Crippen molar-refractivity contribution in [3.63, 3.8) is 0 Å². The first-order valence-electron chi connectivity index (χ1n) is 6.03. The third-order valence-electron chi connectivity index (χ3n) is 3.47. The van der Waals surface area contributed by atoms with Crippen LogP contribution in [-0.4, -0.2) is 27.8 Å². The lowest BCUT2D eigenvalue weighted by Crippen LogP contribution is -2.32. The van der Waals surface area contributed by atoms with E-state index in [1.54, 1.807) is 0 Å². The molecule has 2 unspecified atom stereocenters. The Morgan fingerprint density at radius 1 is 1.20 bits per heavy atom. The molecule has 0 amide bonds. The summed E-state index contributed by atoms with van der Waals surface area (Å²) in [5.41, 5.74) is 0. The molecule has 2 fully saturated rings. The van der Waals surface area contributed by atoms with E-state index in [4.69, 9.17) is 0 Å². The van der Waals surface area contributed by atoms with Gasteiger partial charge in [0.2, 0.25) is 0 Å². The third kappa shape index (κ3) is 3.16. The van der Waals surface area contributed by atoms with Gasteiger partial charge >= 0.3 is 0 Å². The zero-order chi connectivity index (χ0) is 10.7. The van der Waals surface area contributed by atoms with Crippen molar-refractivity contribution in [3.05, 3.63) is 0 Å².